The number of nitrogens with zero attached hydrogens (tertiary/aromatic N) is 2. The Balaban J connectivity index is 2.79. The lowest BCUT2D eigenvalue weighted by atomic mass is 9.02. The Bertz CT molecular complexity index is 981. The van der Waals surface area contributed by atoms with Crippen LogP contribution in [0.3, 0.4) is 0 Å². The van der Waals surface area contributed by atoms with Gasteiger partial charge in [0.1, 0.15) is 13.7 Å². The number of carbonyl (C=O) groups is 1. The number of aromatic nitrogens is 2. The van der Waals surface area contributed by atoms with E-state index in [4.69, 9.17) is 92.0 Å². The standard InChI is InChI=1S/C16H16B11N5O2/c1-10(2,3)32-9-29-4-5(6(28)33)7(30-9)31-15(24)12(18,19)8(34)11(17,16(25,26)27)13(20,21)14(15,22)23/h4,8,34H,1-3H3,(H2,28,33)(H2,29,30,31,32). The van der Waals surface area contributed by atoms with Gasteiger partial charge >= 0.3 is 0 Å². The largest absolute Gasteiger partial charge is 0.394 e. The predicted octanol–water partition coefficient (Wildman–Crippen LogP) is -3.30. The Hall–Kier alpha value is -1.18. The Labute approximate surface area is 215 Å². The summed E-state index contributed by atoms with van der Waals surface area (Å²) in [5.74, 6) is -1.23. The van der Waals surface area contributed by atoms with Crippen LogP contribution in [-0.4, -0.2) is 124 Å². The van der Waals surface area contributed by atoms with Gasteiger partial charge in [0.2, 0.25) is 5.95 Å². The zero-order valence-corrected chi connectivity index (χ0v) is 19.3. The zero-order valence-electron chi connectivity index (χ0n) is 19.3. The number of nitrogens with two attached hydrogens (primary N) is 1. The molecule has 0 bridgehead atoms. The molecule has 1 heterocycles. The third-order valence-electron chi connectivity index (χ3n) is 6.16. The molecule has 1 aromatic heterocycles. The molecular weight excluding hydrogens is 413 g/mol. The van der Waals surface area contributed by atoms with Gasteiger partial charge in [-0.3, -0.25) is 4.79 Å². The van der Waals surface area contributed by atoms with Crippen molar-refractivity contribution in [3.05, 3.63) is 11.8 Å². The van der Waals surface area contributed by atoms with Crippen LogP contribution in [0, 0.1) is 0 Å². The molecule has 1 aromatic rings. The molecule has 2 rings (SSSR count). The summed E-state index contributed by atoms with van der Waals surface area (Å²) in [5.41, 5.74) is 2.13. The molecule has 1 fully saturated rings. The number of hydrogen-bond acceptors (Lipinski definition) is 6. The van der Waals surface area contributed by atoms with Crippen LogP contribution in [0.1, 0.15) is 31.1 Å². The fourth-order valence-electron chi connectivity index (χ4n) is 3.89. The fraction of sp³-hybridized carbons (Fsp3) is 0.688. The molecule has 0 aromatic carbocycles. The summed E-state index contributed by atoms with van der Waals surface area (Å²) in [4.78, 5) is 20.3. The molecule has 1 amide bonds. The van der Waals surface area contributed by atoms with E-state index in [9.17, 15) is 9.90 Å². The van der Waals surface area contributed by atoms with Crippen molar-refractivity contribution >= 4 is 104 Å². The molecule has 150 valence electrons. The van der Waals surface area contributed by atoms with E-state index in [2.05, 4.69) is 20.6 Å². The molecule has 0 aliphatic heterocycles. The smallest absolute Gasteiger partial charge is 0.254 e. The minimum absolute atomic E-state index is 0.0454. The molecule has 3 atom stereocenters. The average Bonchev–Trinajstić information content (AvgIpc) is 2.62. The number of primary amides is 1. The second-order valence-corrected chi connectivity index (χ2v) is 10.0. The van der Waals surface area contributed by atoms with E-state index in [1.807, 2.05) is 20.8 Å². The summed E-state index contributed by atoms with van der Waals surface area (Å²) >= 11 is 0. The van der Waals surface area contributed by atoms with Gasteiger partial charge in [0.25, 0.3) is 5.91 Å². The van der Waals surface area contributed by atoms with Gasteiger partial charge in [-0.25, -0.2) is 4.98 Å². The van der Waals surface area contributed by atoms with E-state index < -0.39 is 49.1 Å². The molecule has 1 saturated carbocycles. The fourth-order valence-corrected chi connectivity index (χ4v) is 3.89. The minimum Gasteiger partial charge on any atom is -0.394 e. The lowest BCUT2D eigenvalue weighted by Crippen LogP contribution is -2.76. The van der Waals surface area contributed by atoms with Crippen molar-refractivity contribution in [1.82, 2.24) is 9.97 Å². The first-order valence-corrected chi connectivity index (χ1v) is 9.97. The predicted molar refractivity (Wildman–Crippen MR) is 143 cm³/mol. The van der Waals surface area contributed by atoms with Gasteiger partial charge < -0.3 is 21.5 Å². The van der Waals surface area contributed by atoms with Gasteiger partial charge in [-0.15, -0.1) is 10.3 Å². The first kappa shape index (κ1) is 29.1. The first-order chi connectivity index (χ1) is 14.9. The monoisotopic (exact) mass is 431 g/mol. The van der Waals surface area contributed by atoms with Crippen molar-refractivity contribution in [3.63, 3.8) is 0 Å². The van der Waals surface area contributed by atoms with Crippen LogP contribution in [0.25, 0.3) is 0 Å². The van der Waals surface area contributed by atoms with Crippen molar-refractivity contribution in [1.29, 1.82) is 0 Å². The molecule has 22 radical (unpaired) electrons. The van der Waals surface area contributed by atoms with E-state index >= 15 is 0 Å². The summed E-state index contributed by atoms with van der Waals surface area (Å²) in [7, 11) is 67.5. The molecule has 1 aliphatic rings. The highest BCUT2D eigenvalue weighted by Crippen LogP contribution is 2.78. The molecule has 1 aliphatic carbocycles. The van der Waals surface area contributed by atoms with Crippen LogP contribution < -0.4 is 16.4 Å². The van der Waals surface area contributed by atoms with Crippen LogP contribution >= 0.6 is 0 Å². The van der Waals surface area contributed by atoms with Crippen LogP contribution in [0.4, 0.5) is 11.8 Å². The van der Waals surface area contributed by atoms with Gasteiger partial charge in [0.15, 0.2) is 0 Å². The number of aliphatic hydroxyl groups excluding tert-OH is 1. The maximum Gasteiger partial charge on any atom is 0.254 e. The van der Waals surface area contributed by atoms with E-state index in [-0.39, 0.29) is 17.3 Å². The third kappa shape index (κ3) is 4.00. The van der Waals surface area contributed by atoms with E-state index in [0.29, 0.717) is 0 Å². The Kier molecular flexibility index (Phi) is 6.99. The highest BCUT2D eigenvalue weighted by Gasteiger charge is 2.70. The van der Waals surface area contributed by atoms with Crippen LogP contribution in [0.15, 0.2) is 6.20 Å². The topological polar surface area (TPSA) is 113 Å². The lowest BCUT2D eigenvalue weighted by Gasteiger charge is -2.79. The summed E-state index contributed by atoms with van der Waals surface area (Å²) in [5, 5.41) is 3.68. The number of amides is 1. The van der Waals surface area contributed by atoms with Crippen molar-refractivity contribution in [2.45, 2.75) is 63.9 Å². The maximum absolute atomic E-state index is 12.1. The molecule has 0 spiro atoms. The molecule has 34 heavy (non-hydrogen) atoms. The SMILES string of the molecule is [B]C([B])([B])C1([B])C(O)C([B])([B])C([B])(Nc2nc(NC(C)(C)C)ncc2C(N)=O)C([B])([B])C1([B])[B]. The summed E-state index contributed by atoms with van der Waals surface area (Å²) in [6, 6.07) is 0. The highest BCUT2D eigenvalue weighted by molar-refractivity contribution is 6.69. The van der Waals surface area contributed by atoms with Gasteiger partial charge in [0.05, 0.1) is 84.0 Å². The number of anilines is 2. The van der Waals surface area contributed by atoms with Crippen molar-refractivity contribution in [3.8, 4) is 0 Å². The van der Waals surface area contributed by atoms with Crippen molar-refractivity contribution in [2.24, 2.45) is 5.73 Å². The number of hydrogen-bond donors (Lipinski definition) is 4. The molecule has 3 unspecified atom stereocenters. The molecule has 5 N–H and O–H groups in total. The Morgan fingerprint density at radius 2 is 1.53 bits per heavy atom. The molecule has 0 saturated heterocycles. The average molecular weight is 429 g/mol. The van der Waals surface area contributed by atoms with Crippen molar-refractivity contribution in [2.75, 3.05) is 10.6 Å². The number of aliphatic hydroxyl groups is 1. The Morgan fingerprint density at radius 3 is 1.94 bits per heavy atom. The zero-order chi connectivity index (χ0) is 26.9. The first-order valence-electron chi connectivity index (χ1n) is 9.97. The number of rotatable bonds is 5. The van der Waals surface area contributed by atoms with E-state index in [0.717, 1.165) is 6.20 Å². The number of nitrogens with one attached hydrogen (secondary N) is 2. The second kappa shape index (κ2) is 8.17. The van der Waals surface area contributed by atoms with E-state index in [1.54, 1.807) is 0 Å². The third-order valence-corrected chi connectivity index (χ3v) is 6.16. The van der Waals surface area contributed by atoms with Gasteiger partial charge in [-0.05, 0) is 26.2 Å². The Morgan fingerprint density at radius 1 is 1.03 bits per heavy atom. The molecular formula is C16H16B11N5O2. The van der Waals surface area contributed by atoms with Crippen molar-refractivity contribution < 1.29 is 9.90 Å². The van der Waals surface area contributed by atoms with Crippen LogP contribution in [0.2, 0.25) is 26.1 Å². The van der Waals surface area contributed by atoms with E-state index in [1.165, 1.54) is 0 Å². The lowest BCUT2D eigenvalue weighted by molar-refractivity contribution is 0.0398. The molecule has 7 nitrogen and oxygen atoms in total. The highest BCUT2D eigenvalue weighted by atomic mass is 16.3. The second-order valence-electron chi connectivity index (χ2n) is 10.0. The summed E-state index contributed by atoms with van der Waals surface area (Å²) in [6.45, 7) is 5.50. The van der Waals surface area contributed by atoms with Gasteiger partial charge in [0, 0.05) is 17.8 Å². The van der Waals surface area contributed by atoms with Gasteiger partial charge in [-0.2, -0.15) is 4.98 Å². The maximum atomic E-state index is 12.1. The van der Waals surface area contributed by atoms with Crippen LogP contribution in [-0.2, 0) is 0 Å². The van der Waals surface area contributed by atoms with Gasteiger partial charge in [-0.1, -0.05) is 15.7 Å². The minimum atomic E-state index is -2.64. The normalized spacial score (nSPS) is 30.2. The summed E-state index contributed by atoms with van der Waals surface area (Å²) < 4.78 is 0. The quantitative estimate of drug-likeness (QED) is 0.365. The summed E-state index contributed by atoms with van der Waals surface area (Å²) in [6.07, 6.45) is -1.12. The molecule has 18 heteroatoms. The number of carbonyl (C=O) groups excluding carboxylic acids is 1. The van der Waals surface area contributed by atoms with Crippen LogP contribution in [0.5, 0.6) is 0 Å².